The number of nitrogens with zero attached hydrogens (tertiary/aromatic N) is 1. The Morgan fingerprint density at radius 2 is 0.753 bits per heavy atom. The number of hydrogen-bond donors (Lipinski definition) is 2. The third kappa shape index (κ3) is 61.8. The number of ether oxygens (including phenoxy) is 1. The quantitative estimate of drug-likeness (QED) is 0.0205. The highest BCUT2D eigenvalue weighted by atomic mass is 31.2. The molecule has 0 aromatic carbocycles. The number of phosphoric ester groups is 1. The number of carbonyl (C=O) groups is 2. The number of quaternary nitrogens is 1. The second kappa shape index (κ2) is 60.6. The minimum atomic E-state index is -4.46. The van der Waals surface area contributed by atoms with Crippen molar-refractivity contribution in [1.29, 1.82) is 0 Å². The Balaban J connectivity index is 5.02. The normalized spacial score (nSPS) is 14.0. The van der Waals surface area contributed by atoms with Crippen LogP contribution in [0.25, 0.3) is 0 Å². The summed E-state index contributed by atoms with van der Waals surface area (Å²) in [4.78, 5) is 37.8. The third-order valence-corrected chi connectivity index (χ3v) is 16.1. The summed E-state index contributed by atoms with van der Waals surface area (Å²) in [5.74, 6) is -0.523. The highest BCUT2D eigenvalue weighted by molar-refractivity contribution is 7.47. The minimum absolute atomic E-state index is 0.0354. The van der Waals surface area contributed by atoms with E-state index in [1.165, 1.54) is 193 Å². The summed E-state index contributed by atoms with van der Waals surface area (Å²) in [6.07, 6.45) is 79.2. The molecule has 0 heterocycles. The smallest absolute Gasteiger partial charge is 0.456 e. The first-order chi connectivity index (χ1) is 39.4. The first-order valence-electron chi connectivity index (χ1n) is 34.3. The predicted octanol–water partition coefficient (Wildman–Crippen LogP) is 21.6. The summed E-state index contributed by atoms with van der Waals surface area (Å²) in [5.41, 5.74) is 0. The highest BCUT2D eigenvalue weighted by Gasteiger charge is 2.30. The van der Waals surface area contributed by atoms with Crippen LogP contribution in [0.3, 0.4) is 0 Å². The molecular weight excluding hydrogens is 1020 g/mol. The van der Waals surface area contributed by atoms with Crippen LogP contribution in [0.2, 0.25) is 0 Å². The molecule has 0 saturated carbocycles. The van der Waals surface area contributed by atoms with Gasteiger partial charge in [-0.05, 0) is 102 Å². The zero-order chi connectivity index (χ0) is 59.3. The zero-order valence-electron chi connectivity index (χ0n) is 54.0. The molecule has 2 N–H and O–H groups in total. The van der Waals surface area contributed by atoms with Crippen molar-refractivity contribution in [1.82, 2.24) is 5.32 Å². The van der Waals surface area contributed by atoms with Gasteiger partial charge in [0.15, 0.2) is 0 Å². The molecule has 0 spiro atoms. The first kappa shape index (κ1) is 78.5. The summed E-state index contributed by atoms with van der Waals surface area (Å²) in [5, 5.41) is 3.06. The highest BCUT2D eigenvalue weighted by Crippen LogP contribution is 2.43. The number of allylic oxidation sites excluding steroid dienone is 11. The van der Waals surface area contributed by atoms with Crippen LogP contribution in [0.5, 0.6) is 0 Å². The molecule has 0 aliphatic heterocycles. The second-order valence-corrected chi connectivity index (χ2v) is 25.8. The maximum absolute atomic E-state index is 13.6. The van der Waals surface area contributed by atoms with Gasteiger partial charge in [0, 0.05) is 12.8 Å². The summed E-state index contributed by atoms with van der Waals surface area (Å²) < 4.78 is 30.7. The maximum Gasteiger partial charge on any atom is 0.472 e. The van der Waals surface area contributed by atoms with E-state index >= 15 is 0 Å². The van der Waals surface area contributed by atoms with Crippen molar-refractivity contribution in [2.45, 2.75) is 328 Å². The van der Waals surface area contributed by atoms with E-state index in [1.807, 2.05) is 33.3 Å². The number of likely N-dealkylation sites (N-methyl/N-ethyl adjacent to an activating group) is 1. The number of hydrogen-bond acceptors (Lipinski definition) is 6. The number of amides is 1. The van der Waals surface area contributed by atoms with Gasteiger partial charge in [0.05, 0.1) is 33.8 Å². The van der Waals surface area contributed by atoms with Crippen molar-refractivity contribution < 1.29 is 37.3 Å². The first-order valence-corrected chi connectivity index (χ1v) is 35.8. The maximum atomic E-state index is 13.6. The fraction of sp³-hybridized carbons (Fsp3) is 0.803. The largest absolute Gasteiger partial charge is 0.472 e. The fourth-order valence-corrected chi connectivity index (χ4v) is 10.5. The number of unbranched alkanes of at least 4 members (excludes halogenated alkanes) is 36. The summed E-state index contributed by atoms with van der Waals surface area (Å²) in [7, 11) is 1.49. The van der Waals surface area contributed by atoms with E-state index in [-0.39, 0.29) is 31.5 Å². The van der Waals surface area contributed by atoms with E-state index in [9.17, 15) is 19.0 Å². The lowest BCUT2D eigenvalue weighted by molar-refractivity contribution is -0.870. The molecule has 3 unspecified atom stereocenters. The van der Waals surface area contributed by atoms with Gasteiger partial charge >= 0.3 is 13.8 Å². The van der Waals surface area contributed by atoms with E-state index < -0.39 is 20.0 Å². The van der Waals surface area contributed by atoms with Gasteiger partial charge in [-0.3, -0.25) is 18.6 Å². The summed E-state index contributed by atoms with van der Waals surface area (Å²) in [6.45, 7) is 6.96. The van der Waals surface area contributed by atoms with Crippen molar-refractivity contribution in [2.75, 3.05) is 40.9 Å². The topological polar surface area (TPSA) is 111 Å². The SMILES string of the molecule is CCCCC/C=C\C/C=C\C/C=C\CCCCCCC(=O)OC(/C=C\CCCCCCCCCCC)C(COP(=O)(O)OCC[N+](C)(C)C)NC(=O)CCCCCCCCCCCCCCCCCCC/C=C\C/C=C\CCCCC. The van der Waals surface area contributed by atoms with E-state index in [0.717, 1.165) is 83.5 Å². The van der Waals surface area contributed by atoms with Gasteiger partial charge in [-0.1, -0.05) is 274 Å². The fourth-order valence-electron chi connectivity index (χ4n) is 9.80. The number of rotatable bonds is 62. The molecule has 3 atom stereocenters. The molecule has 472 valence electrons. The van der Waals surface area contributed by atoms with Crippen LogP contribution in [0.15, 0.2) is 72.9 Å². The monoisotopic (exact) mass is 1160 g/mol. The lowest BCUT2D eigenvalue weighted by Crippen LogP contribution is -2.47. The van der Waals surface area contributed by atoms with E-state index in [2.05, 4.69) is 86.8 Å². The van der Waals surface area contributed by atoms with Crippen molar-refractivity contribution in [3.63, 3.8) is 0 Å². The van der Waals surface area contributed by atoms with Crippen molar-refractivity contribution in [3.05, 3.63) is 72.9 Å². The molecule has 10 heteroatoms. The molecule has 0 saturated heterocycles. The Morgan fingerprint density at radius 3 is 1.15 bits per heavy atom. The number of esters is 1. The predicted molar refractivity (Wildman–Crippen MR) is 351 cm³/mol. The van der Waals surface area contributed by atoms with Crippen LogP contribution in [0.1, 0.15) is 316 Å². The van der Waals surface area contributed by atoms with Gasteiger partial charge in [0.25, 0.3) is 0 Å². The van der Waals surface area contributed by atoms with Gasteiger partial charge in [-0.25, -0.2) is 4.57 Å². The molecule has 0 fully saturated rings. The molecule has 0 aliphatic rings. The standard InChI is InChI=1S/C71H131N2O7P/c1-7-10-13-16-19-22-25-27-29-31-32-33-34-35-36-37-38-39-40-42-43-45-48-51-54-57-60-63-70(74)72-68(67-79-81(76,77)78-66-65-73(4,5)6)69(62-59-56-53-50-47-24-21-18-15-12-9-3)80-71(75)64-61-58-55-52-49-46-44-41-30-28-26-23-20-17-14-11-8-2/h19-20,22-23,27-30,44,46,59,62,68-69H,7-18,21,24-26,31-43,45,47-58,60-61,63-67H2,1-6H3,(H-,72,74,76,77)/p+1/b22-19-,23-20-,29-27-,30-28-,46-44-,62-59-. The lowest BCUT2D eigenvalue weighted by Gasteiger charge is -2.27. The third-order valence-electron chi connectivity index (χ3n) is 15.1. The van der Waals surface area contributed by atoms with E-state index in [0.29, 0.717) is 23.9 Å². The van der Waals surface area contributed by atoms with Gasteiger partial charge in [0.1, 0.15) is 19.3 Å². The molecule has 81 heavy (non-hydrogen) atoms. The van der Waals surface area contributed by atoms with Crippen molar-refractivity contribution in [2.24, 2.45) is 0 Å². The Labute approximate surface area is 502 Å². The molecule has 0 radical (unpaired) electrons. The lowest BCUT2D eigenvalue weighted by atomic mass is 10.0. The van der Waals surface area contributed by atoms with Crippen LogP contribution < -0.4 is 5.32 Å². The van der Waals surface area contributed by atoms with Crippen molar-refractivity contribution >= 4 is 19.7 Å². The number of nitrogens with one attached hydrogen (secondary N) is 1. The van der Waals surface area contributed by atoms with Crippen LogP contribution in [-0.2, 0) is 27.9 Å². The minimum Gasteiger partial charge on any atom is -0.456 e. The molecule has 0 bridgehead atoms. The molecular formula is C71H132N2O7P+. The average molecular weight is 1160 g/mol. The van der Waals surface area contributed by atoms with Gasteiger partial charge in [-0.2, -0.15) is 0 Å². The van der Waals surface area contributed by atoms with Crippen LogP contribution in [0.4, 0.5) is 0 Å². The average Bonchev–Trinajstić information content (AvgIpc) is 3.43. The Hall–Kier alpha value is -2.55. The van der Waals surface area contributed by atoms with Gasteiger partial charge in [0.2, 0.25) is 5.91 Å². The molecule has 1 amide bonds. The van der Waals surface area contributed by atoms with Crippen LogP contribution in [0, 0.1) is 0 Å². The van der Waals surface area contributed by atoms with E-state index in [1.54, 1.807) is 0 Å². The van der Waals surface area contributed by atoms with Crippen molar-refractivity contribution in [3.8, 4) is 0 Å². The Bertz CT molecular complexity index is 1620. The van der Waals surface area contributed by atoms with Gasteiger partial charge in [-0.15, -0.1) is 0 Å². The number of phosphoric acid groups is 1. The molecule has 9 nitrogen and oxygen atoms in total. The Kier molecular flexibility index (Phi) is 58.7. The van der Waals surface area contributed by atoms with Gasteiger partial charge < -0.3 is 19.4 Å². The molecule has 0 aliphatic carbocycles. The second-order valence-electron chi connectivity index (χ2n) is 24.3. The van der Waals surface area contributed by atoms with E-state index in [4.69, 9.17) is 13.8 Å². The molecule has 0 aromatic heterocycles. The zero-order valence-corrected chi connectivity index (χ0v) is 54.9. The number of carbonyl (C=O) groups excluding carboxylic acids is 2. The molecule has 0 aromatic rings. The molecule has 0 rings (SSSR count). The summed E-state index contributed by atoms with van der Waals surface area (Å²) >= 11 is 0. The summed E-state index contributed by atoms with van der Waals surface area (Å²) in [6, 6.07) is -0.859. The van der Waals surface area contributed by atoms with Crippen LogP contribution in [-0.4, -0.2) is 74.3 Å². The van der Waals surface area contributed by atoms with Crippen LogP contribution >= 0.6 is 7.82 Å². The Morgan fingerprint density at radius 1 is 0.432 bits per heavy atom.